The molecule has 0 saturated carbocycles. The van der Waals surface area contributed by atoms with Crippen LogP contribution in [-0.4, -0.2) is 17.5 Å². The zero-order valence-electron chi connectivity index (χ0n) is 15.4. The first kappa shape index (κ1) is 18.9. The highest BCUT2D eigenvalue weighted by molar-refractivity contribution is 7.80. The third kappa shape index (κ3) is 4.26. The summed E-state index contributed by atoms with van der Waals surface area (Å²) in [5.74, 6) is 0.703. The second-order valence-electron chi connectivity index (χ2n) is 6.41. The van der Waals surface area contributed by atoms with Gasteiger partial charge in [0.25, 0.3) is 0 Å². The monoisotopic (exact) mass is 378 g/mol. The van der Waals surface area contributed by atoms with E-state index in [1.165, 1.54) is 0 Å². The van der Waals surface area contributed by atoms with E-state index in [-0.39, 0.29) is 11.8 Å². The molecule has 138 valence electrons. The first-order chi connectivity index (χ1) is 13.0. The fraction of sp³-hybridized carbons (Fsp3) is 0.182. The molecule has 0 fully saturated rings. The molecule has 0 aromatic heterocycles. The molecule has 2 aromatic carbocycles. The Bertz CT molecular complexity index is 916. The molecule has 0 unspecified atom stereocenters. The quantitative estimate of drug-likeness (QED) is 0.586. The van der Waals surface area contributed by atoms with E-state index in [1.807, 2.05) is 55.5 Å². The summed E-state index contributed by atoms with van der Waals surface area (Å²) in [5.41, 5.74) is 4.39. The van der Waals surface area contributed by atoms with Gasteiger partial charge in [-0.3, -0.25) is 4.79 Å². The Morgan fingerprint density at radius 3 is 2.67 bits per heavy atom. The molecule has 2 aromatic rings. The average molecular weight is 378 g/mol. The molecule has 0 spiro atoms. The van der Waals surface area contributed by atoms with Crippen LogP contribution in [0.5, 0.6) is 5.75 Å². The largest absolute Gasteiger partial charge is 0.490 e. The van der Waals surface area contributed by atoms with E-state index in [4.69, 9.17) is 17.0 Å². The maximum Gasteiger partial charge on any atom is 0.171 e. The maximum atomic E-state index is 12.6. The molecular formula is C22H22N2O2S. The first-order valence-electron chi connectivity index (χ1n) is 8.73. The summed E-state index contributed by atoms with van der Waals surface area (Å²) in [6.07, 6.45) is 1.70. The van der Waals surface area contributed by atoms with Gasteiger partial charge in [-0.15, -0.1) is 0 Å². The minimum Gasteiger partial charge on any atom is -0.490 e. The van der Waals surface area contributed by atoms with E-state index in [0.717, 1.165) is 28.1 Å². The van der Waals surface area contributed by atoms with Crippen LogP contribution in [-0.2, 0) is 4.79 Å². The molecule has 2 N–H and O–H groups in total. The molecule has 0 radical (unpaired) electrons. The third-order valence-electron chi connectivity index (χ3n) is 4.35. The normalized spacial score (nSPS) is 16.4. The maximum absolute atomic E-state index is 12.6. The molecule has 0 saturated heterocycles. The van der Waals surface area contributed by atoms with E-state index in [1.54, 1.807) is 13.0 Å². The summed E-state index contributed by atoms with van der Waals surface area (Å²) in [6.45, 7) is 7.70. The number of aryl methyl sites for hydroxylation is 1. The van der Waals surface area contributed by atoms with Gasteiger partial charge in [-0.05, 0) is 49.3 Å². The second-order valence-corrected chi connectivity index (χ2v) is 6.82. The van der Waals surface area contributed by atoms with Crippen LogP contribution in [0.25, 0.3) is 5.70 Å². The van der Waals surface area contributed by atoms with Gasteiger partial charge in [0.2, 0.25) is 0 Å². The lowest BCUT2D eigenvalue weighted by Gasteiger charge is -2.31. The standard InChI is InChI=1S/C22H22N2O2S/c1-4-12-26-18-7-5-6-17(13-18)21-19(15(3)25)20(23-22(27)24-21)16-10-8-14(2)9-11-16/h4-11,13,21H,1,12H2,2-3H3,(H2,23,24,27)/t21-/m0/s1. The Kier molecular flexibility index (Phi) is 5.72. The van der Waals surface area contributed by atoms with Gasteiger partial charge in [0.15, 0.2) is 10.9 Å². The summed E-state index contributed by atoms with van der Waals surface area (Å²) in [4.78, 5) is 12.6. The van der Waals surface area contributed by atoms with Crippen molar-refractivity contribution in [3.63, 3.8) is 0 Å². The number of hydrogen-bond acceptors (Lipinski definition) is 3. The van der Waals surface area contributed by atoms with E-state index in [2.05, 4.69) is 17.2 Å². The van der Waals surface area contributed by atoms with E-state index in [0.29, 0.717) is 17.3 Å². The van der Waals surface area contributed by atoms with Crippen LogP contribution in [0.3, 0.4) is 0 Å². The van der Waals surface area contributed by atoms with Gasteiger partial charge in [0.1, 0.15) is 12.4 Å². The summed E-state index contributed by atoms with van der Waals surface area (Å²) in [7, 11) is 0. The second kappa shape index (κ2) is 8.18. The fourth-order valence-corrected chi connectivity index (χ4v) is 3.30. The molecule has 0 aliphatic carbocycles. The van der Waals surface area contributed by atoms with Gasteiger partial charge < -0.3 is 15.4 Å². The van der Waals surface area contributed by atoms with Crippen molar-refractivity contribution in [1.82, 2.24) is 10.6 Å². The number of carbonyl (C=O) groups excluding carboxylic acids is 1. The molecule has 1 aliphatic heterocycles. The predicted octanol–water partition coefficient (Wildman–Crippen LogP) is 4.08. The summed E-state index contributed by atoms with van der Waals surface area (Å²) in [6, 6.07) is 15.3. The molecular weight excluding hydrogens is 356 g/mol. The van der Waals surface area contributed by atoms with Crippen LogP contribution in [0.2, 0.25) is 0 Å². The average Bonchev–Trinajstić information content (AvgIpc) is 2.66. The molecule has 0 bridgehead atoms. The van der Waals surface area contributed by atoms with Crippen LogP contribution < -0.4 is 15.4 Å². The van der Waals surface area contributed by atoms with Crippen molar-refractivity contribution >= 4 is 28.8 Å². The zero-order valence-corrected chi connectivity index (χ0v) is 16.2. The molecule has 1 atom stereocenters. The zero-order chi connectivity index (χ0) is 19.4. The summed E-state index contributed by atoms with van der Waals surface area (Å²) < 4.78 is 5.64. The van der Waals surface area contributed by atoms with Crippen molar-refractivity contribution < 1.29 is 9.53 Å². The molecule has 1 heterocycles. The number of ether oxygens (including phenoxy) is 1. The number of rotatable bonds is 6. The molecule has 0 amide bonds. The lowest BCUT2D eigenvalue weighted by Crippen LogP contribution is -2.44. The lowest BCUT2D eigenvalue weighted by atomic mass is 9.90. The predicted molar refractivity (Wildman–Crippen MR) is 113 cm³/mol. The number of benzene rings is 2. The Morgan fingerprint density at radius 2 is 2.00 bits per heavy atom. The Labute approximate surface area is 164 Å². The smallest absolute Gasteiger partial charge is 0.171 e. The number of thiocarbonyl (C=S) groups is 1. The van der Waals surface area contributed by atoms with Gasteiger partial charge >= 0.3 is 0 Å². The summed E-state index contributed by atoms with van der Waals surface area (Å²) >= 11 is 5.42. The SMILES string of the molecule is C=CCOc1cccc([C@@H]2NC(=S)NC(c3ccc(C)cc3)=C2C(C)=O)c1. The molecule has 1 aliphatic rings. The van der Waals surface area contributed by atoms with Crippen LogP contribution in [0.1, 0.15) is 29.7 Å². The van der Waals surface area contributed by atoms with Crippen molar-refractivity contribution in [3.8, 4) is 5.75 Å². The number of hydrogen-bond donors (Lipinski definition) is 2. The van der Waals surface area contributed by atoms with E-state index >= 15 is 0 Å². The number of ketones is 1. The molecule has 4 nitrogen and oxygen atoms in total. The highest BCUT2D eigenvalue weighted by Crippen LogP contribution is 2.33. The Morgan fingerprint density at radius 1 is 1.26 bits per heavy atom. The Balaban J connectivity index is 2.09. The van der Waals surface area contributed by atoms with Gasteiger partial charge in [-0.1, -0.05) is 54.6 Å². The highest BCUT2D eigenvalue weighted by Gasteiger charge is 2.30. The number of carbonyl (C=O) groups is 1. The van der Waals surface area contributed by atoms with E-state index in [9.17, 15) is 4.79 Å². The molecule has 27 heavy (non-hydrogen) atoms. The lowest BCUT2D eigenvalue weighted by molar-refractivity contribution is -0.113. The van der Waals surface area contributed by atoms with Crippen molar-refractivity contribution in [2.75, 3.05) is 6.61 Å². The number of nitrogens with one attached hydrogen (secondary N) is 2. The third-order valence-corrected chi connectivity index (χ3v) is 4.57. The fourth-order valence-electron chi connectivity index (χ4n) is 3.08. The first-order valence-corrected chi connectivity index (χ1v) is 9.13. The minimum absolute atomic E-state index is 0.0181. The van der Waals surface area contributed by atoms with Crippen molar-refractivity contribution in [2.24, 2.45) is 0 Å². The molecule has 3 rings (SSSR count). The van der Waals surface area contributed by atoms with Crippen molar-refractivity contribution in [1.29, 1.82) is 0 Å². The molecule has 5 heteroatoms. The van der Waals surface area contributed by atoms with E-state index < -0.39 is 0 Å². The Hall–Kier alpha value is -2.92. The summed E-state index contributed by atoms with van der Waals surface area (Å²) in [5, 5.41) is 6.88. The number of Topliss-reactive ketones (excluding diaryl/α,β-unsaturated/α-hetero) is 1. The van der Waals surface area contributed by atoms with Crippen LogP contribution in [0.15, 0.2) is 66.8 Å². The van der Waals surface area contributed by atoms with Crippen LogP contribution >= 0.6 is 12.2 Å². The highest BCUT2D eigenvalue weighted by atomic mass is 32.1. The van der Waals surface area contributed by atoms with Gasteiger partial charge in [-0.25, -0.2) is 0 Å². The van der Waals surface area contributed by atoms with Crippen molar-refractivity contribution in [3.05, 3.63) is 83.4 Å². The van der Waals surface area contributed by atoms with Crippen LogP contribution in [0.4, 0.5) is 0 Å². The van der Waals surface area contributed by atoms with Crippen LogP contribution in [0, 0.1) is 6.92 Å². The minimum atomic E-state index is -0.347. The topological polar surface area (TPSA) is 50.4 Å². The van der Waals surface area contributed by atoms with Gasteiger partial charge in [0.05, 0.1) is 11.7 Å². The van der Waals surface area contributed by atoms with Gasteiger partial charge in [0, 0.05) is 5.57 Å². The van der Waals surface area contributed by atoms with Gasteiger partial charge in [-0.2, -0.15) is 0 Å². The van der Waals surface area contributed by atoms with Crippen molar-refractivity contribution in [2.45, 2.75) is 19.9 Å².